The lowest BCUT2D eigenvalue weighted by Gasteiger charge is -2.34. The standard InChI is InChI=1S/C24H35N7O3S/c1-16(2)30-14-10-20(11-15-30)34-24-21(17(3)25)22(26)27-23(28-24)18-6-8-19(9-7-18)29-35(32,33)31-12-4-5-13-31/h6-9,16,20,25,29H,4-5,10-15H2,1-3H3,(H2,26,27,28). The Morgan fingerprint density at radius 1 is 1.11 bits per heavy atom. The quantitative estimate of drug-likeness (QED) is 0.473. The molecule has 4 rings (SSSR count). The number of aromatic nitrogens is 2. The van der Waals surface area contributed by atoms with Gasteiger partial charge in [-0.05, 0) is 70.7 Å². The van der Waals surface area contributed by atoms with Crippen LogP contribution >= 0.6 is 0 Å². The van der Waals surface area contributed by atoms with Crippen LogP contribution in [0.5, 0.6) is 5.88 Å². The zero-order valence-corrected chi connectivity index (χ0v) is 21.4. The Bertz CT molecular complexity index is 1150. The van der Waals surface area contributed by atoms with Gasteiger partial charge in [-0.1, -0.05) is 0 Å². The van der Waals surface area contributed by atoms with Crippen molar-refractivity contribution in [3.8, 4) is 17.3 Å². The Morgan fingerprint density at radius 3 is 2.31 bits per heavy atom. The Balaban J connectivity index is 1.54. The second kappa shape index (κ2) is 10.5. The summed E-state index contributed by atoms with van der Waals surface area (Å²) >= 11 is 0. The van der Waals surface area contributed by atoms with Gasteiger partial charge in [-0.25, -0.2) is 4.98 Å². The van der Waals surface area contributed by atoms with Crippen LogP contribution in [0.25, 0.3) is 11.4 Å². The fraction of sp³-hybridized carbons (Fsp3) is 0.542. The molecule has 11 heteroatoms. The number of anilines is 2. The number of rotatable bonds is 8. The number of ether oxygens (including phenoxy) is 1. The lowest BCUT2D eigenvalue weighted by molar-refractivity contribution is 0.0812. The predicted molar refractivity (Wildman–Crippen MR) is 138 cm³/mol. The van der Waals surface area contributed by atoms with E-state index in [4.69, 9.17) is 15.9 Å². The van der Waals surface area contributed by atoms with Gasteiger partial charge < -0.3 is 20.8 Å². The van der Waals surface area contributed by atoms with Gasteiger partial charge in [0, 0.05) is 49.2 Å². The van der Waals surface area contributed by atoms with Crippen LogP contribution in [-0.2, 0) is 10.2 Å². The molecular formula is C24H35N7O3S. The van der Waals surface area contributed by atoms with Gasteiger partial charge in [-0.2, -0.15) is 17.7 Å². The minimum atomic E-state index is -3.56. The number of nitrogens with two attached hydrogens (primary N) is 1. The number of nitrogens with zero attached hydrogens (tertiary/aromatic N) is 4. The van der Waals surface area contributed by atoms with E-state index in [1.165, 1.54) is 4.31 Å². The molecule has 0 radical (unpaired) electrons. The second-order valence-corrected chi connectivity index (χ2v) is 11.1. The van der Waals surface area contributed by atoms with Gasteiger partial charge in [-0.15, -0.1) is 0 Å². The Kier molecular flexibility index (Phi) is 7.58. The SMILES string of the molecule is CC(=N)c1c(N)nc(-c2ccc(NS(=O)(=O)N3CCCC3)cc2)nc1OC1CCN(C(C)C)CC1. The lowest BCUT2D eigenvalue weighted by Crippen LogP contribution is -2.42. The van der Waals surface area contributed by atoms with Crippen LogP contribution in [0.15, 0.2) is 24.3 Å². The van der Waals surface area contributed by atoms with Gasteiger partial charge in [0.05, 0.1) is 5.56 Å². The third-order valence-corrected chi connectivity index (χ3v) is 8.10. The summed E-state index contributed by atoms with van der Waals surface area (Å²) in [5, 5.41) is 8.16. The molecule has 0 amide bonds. The van der Waals surface area contributed by atoms with E-state index >= 15 is 0 Å². The maximum atomic E-state index is 12.5. The summed E-state index contributed by atoms with van der Waals surface area (Å²) < 4.78 is 35.4. The fourth-order valence-corrected chi connectivity index (χ4v) is 5.82. The highest BCUT2D eigenvalue weighted by atomic mass is 32.2. The molecule has 4 N–H and O–H groups in total. The molecule has 0 unspecified atom stereocenters. The van der Waals surface area contributed by atoms with Crippen molar-refractivity contribution in [2.24, 2.45) is 0 Å². The first-order valence-electron chi connectivity index (χ1n) is 12.2. The topological polar surface area (TPSA) is 138 Å². The third-order valence-electron chi connectivity index (χ3n) is 6.56. The van der Waals surface area contributed by atoms with Crippen LogP contribution in [0.2, 0.25) is 0 Å². The lowest BCUT2D eigenvalue weighted by atomic mass is 10.1. The minimum absolute atomic E-state index is 0.00683. The highest BCUT2D eigenvalue weighted by molar-refractivity contribution is 7.90. The molecule has 2 fully saturated rings. The van der Waals surface area contributed by atoms with Crippen molar-refractivity contribution in [1.82, 2.24) is 19.2 Å². The Labute approximate surface area is 207 Å². The van der Waals surface area contributed by atoms with Gasteiger partial charge in [0.1, 0.15) is 11.9 Å². The van der Waals surface area contributed by atoms with Crippen molar-refractivity contribution in [2.45, 2.75) is 58.6 Å². The smallest absolute Gasteiger partial charge is 0.301 e. The van der Waals surface area contributed by atoms with Crippen LogP contribution in [0.1, 0.15) is 52.0 Å². The molecule has 0 aliphatic carbocycles. The van der Waals surface area contributed by atoms with Gasteiger partial charge in [0.25, 0.3) is 0 Å². The molecule has 10 nitrogen and oxygen atoms in total. The number of likely N-dealkylation sites (tertiary alicyclic amines) is 1. The van der Waals surface area contributed by atoms with E-state index in [0.717, 1.165) is 38.8 Å². The molecule has 0 saturated carbocycles. The van der Waals surface area contributed by atoms with Crippen molar-refractivity contribution >= 4 is 27.4 Å². The van der Waals surface area contributed by atoms with Gasteiger partial charge in [0.2, 0.25) is 5.88 Å². The van der Waals surface area contributed by atoms with Crippen LogP contribution in [-0.4, -0.2) is 71.6 Å². The summed E-state index contributed by atoms with van der Waals surface area (Å²) in [5.41, 5.74) is 8.03. The third kappa shape index (κ3) is 5.91. The number of benzene rings is 1. The summed E-state index contributed by atoms with van der Waals surface area (Å²) in [4.78, 5) is 11.5. The zero-order chi connectivity index (χ0) is 25.2. The monoisotopic (exact) mass is 501 g/mol. The number of hydrogen-bond donors (Lipinski definition) is 3. The van der Waals surface area contributed by atoms with Crippen LogP contribution in [0.4, 0.5) is 11.5 Å². The molecule has 1 aromatic carbocycles. The van der Waals surface area contributed by atoms with E-state index in [0.29, 0.717) is 47.7 Å². The molecule has 2 aromatic rings. The Morgan fingerprint density at radius 2 is 1.74 bits per heavy atom. The van der Waals surface area contributed by atoms with Crippen LogP contribution < -0.4 is 15.2 Å². The molecule has 0 bridgehead atoms. The first-order chi connectivity index (χ1) is 16.6. The zero-order valence-electron chi connectivity index (χ0n) is 20.6. The fourth-order valence-electron chi connectivity index (χ4n) is 4.52. The number of nitrogen functional groups attached to an aromatic ring is 1. The van der Waals surface area contributed by atoms with E-state index in [-0.39, 0.29) is 17.6 Å². The maximum absolute atomic E-state index is 12.5. The maximum Gasteiger partial charge on any atom is 0.301 e. The second-order valence-electron chi connectivity index (χ2n) is 9.48. The van der Waals surface area contributed by atoms with E-state index in [9.17, 15) is 8.42 Å². The largest absolute Gasteiger partial charge is 0.474 e. The first-order valence-corrected chi connectivity index (χ1v) is 13.6. The summed E-state index contributed by atoms with van der Waals surface area (Å²) in [6, 6.07) is 7.36. The molecule has 0 atom stereocenters. The van der Waals surface area contributed by atoms with E-state index in [1.807, 2.05) is 0 Å². The predicted octanol–water partition coefficient (Wildman–Crippen LogP) is 3.12. The van der Waals surface area contributed by atoms with E-state index < -0.39 is 10.2 Å². The molecule has 190 valence electrons. The molecule has 2 saturated heterocycles. The first kappa shape index (κ1) is 25.3. The minimum Gasteiger partial charge on any atom is -0.474 e. The molecule has 0 spiro atoms. The molecular weight excluding hydrogens is 466 g/mol. The molecule has 2 aliphatic rings. The molecule has 3 heterocycles. The number of hydrogen-bond acceptors (Lipinski definition) is 8. The molecule has 35 heavy (non-hydrogen) atoms. The summed E-state index contributed by atoms with van der Waals surface area (Å²) in [5.74, 6) is 0.883. The van der Waals surface area contributed by atoms with Crippen LogP contribution in [0.3, 0.4) is 0 Å². The normalized spacial score (nSPS) is 18.2. The van der Waals surface area contributed by atoms with Crippen molar-refractivity contribution < 1.29 is 13.2 Å². The van der Waals surface area contributed by atoms with E-state index in [2.05, 4.69) is 33.4 Å². The Hall–Kier alpha value is -2.76. The van der Waals surface area contributed by atoms with Gasteiger partial charge in [-0.3, -0.25) is 4.72 Å². The van der Waals surface area contributed by atoms with Crippen LogP contribution in [0, 0.1) is 5.41 Å². The van der Waals surface area contributed by atoms with Crippen molar-refractivity contribution in [3.05, 3.63) is 29.8 Å². The highest BCUT2D eigenvalue weighted by Gasteiger charge is 2.26. The number of piperidine rings is 1. The van der Waals surface area contributed by atoms with Crippen molar-refractivity contribution in [2.75, 3.05) is 36.6 Å². The molecule has 2 aliphatic heterocycles. The van der Waals surface area contributed by atoms with Crippen molar-refractivity contribution in [3.63, 3.8) is 0 Å². The average molecular weight is 502 g/mol. The van der Waals surface area contributed by atoms with Gasteiger partial charge >= 0.3 is 10.2 Å². The van der Waals surface area contributed by atoms with Gasteiger partial charge in [0.15, 0.2) is 5.82 Å². The summed E-state index contributed by atoms with van der Waals surface area (Å²) in [6.45, 7) is 9.00. The number of nitrogens with one attached hydrogen (secondary N) is 2. The summed E-state index contributed by atoms with van der Waals surface area (Å²) in [6.07, 6.45) is 3.50. The summed E-state index contributed by atoms with van der Waals surface area (Å²) in [7, 11) is -3.56. The van der Waals surface area contributed by atoms with Crippen molar-refractivity contribution in [1.29, 1.82) is 5.41 Å². The molecule has 1 aromatic heterocycles. The van der Waals surface area contributed by atoms with E-state index in [1.54, 1.807) is 31.2 Å². The highest BCUT2D eigenvalue weighted by Crippen LogP contribution is 2.29. The average Bonchev–Trinajstić information content (AvgIpc) is 3.35.